The number of Topliss-reactive ketones (excluding diaryl/α,β-unsaturated/α-hetero) is 1. The van der Waals surface area contributed by atoms with Gasteiger partial charge in [-0.2, -0.15) is 0 Å². The third-order valence-corrected chi connectivity index (χ3v) is 4.59. The van der Waals surface area contributed by atoms with Crippen LogP contribution < -0.4 is 16.0 Å². The van der Waals surface area contributed by atoms with Crippen molar-refractivity contribution in [2.75, 3.05) is 39.5 Å². The monoisotopic (exact) mass is 459 g/mol. The summed E-state index contributed by atoms with van der Waals surface area (Å²) < 4.78 is 10.5. The van der Waals surface area contributed by atoms with Crippen molar-refractivity contribution in [3.8, 4) is 0 Å². The highest BCUT2D eigenvalue weighted by Gasteiger charge is 2.19. The molecule has 0 spiro atoms. The molecule has 0 aliphatic heterocycles. The smallest absolute Gasteiger partial charge is 0.326 e. The van der Waals surface area contributed by atoms with E-state index in [1.807, 2.05) is 6.92 Å². The first-order chi connectivity index (χ1) is 15.1. The summed E-state index contributed by atoms with van der Waals surface area (Å²) in [7, 11) is 0. The Balaban J connectivity index is 3.58. The summed E-state index contributed by atoms with van der Waals surface area (Å²) in [6.07, 6.45) is 2.46. The lowest BCUT2D eigenvalue weighted by Crippen LogP contribution is -2.40. The molecule has 0 fully saturated rings. The van der Waals surface area contributed by atoms with E-state index in [-0.39, 0.29) is 69.3 Å². The number of hydrogen-bond donors (Lipinski definition) is 4. The van der Waals surface area contributed by atoms with Crippen molar-refractivity contribution in [3.63, 3.8) is 0 Å². The summed E-state index contributed by atoms with van der Waals surface area (Å²) >= 11 is 0. The topological polar surface area (TPSA) is 160 Å². The van der Waals surface area contributed by atoms with Crippen LogP contribution in [0.5, 0.6) is 0 Å². The highest BCUT2D eigenvalue weighted by Crippen LogP contribution is 2.07. The predicted octanol–water partition coefficient (Wildman–Crippen LogP) is 0.0169. The Labute approximate surface area is 189 Å². The lowest BCUT2D eigenvalue weighted by molar-refractivity contribution is -0.142. The minimum absolute atomic E-state index is 0.00492. The standard InChI is InChI=1S/C21H37N3O8/c1-15(16(2)25)6-4-5-9-22-20(28)14-32-13-12-31-11-10-23-19(27)8-7-18(21(29)30)24-17(3)26/h15,18H,4-14H2,1-3H3,(H,22,28)(H,23,27)(H,24,26)(H,29,30)/t15-,18?/m0/s1. The third-order valence-electron chi connectivity index (χ3n) is 4.59. The lowest BCUT2D eigenvalue weighted by atomic mass is 10.0. The van der Waals surface area contributed by atoms with Crippen molar-refractivity contribution in [2.45, 2.75) is 58.9 Å². The Kier molecular flexibility index (Phi) is 16.7. The van der Waals surface area contributed by atoms with Gasteiger partial charge in [0.15, 0.2) is 0 Å². The van der Waals surface area contributed by atoms with Crippen molar-refractivity contribution >= 4 is 29.5 Å². The van der Waals surface area contributed by atoms with E-state index < -0.39 is 17.9 Å². The number of ketones is 1. The van der Waals surface area contributed by atoms with Gasteiger partial charge in [0.25, 0.3) is 0 Å². The molecule has 0 heterocycles. The number of carbonyl (C=O) groups is 5. The number of amides is 3. The number of unbranched alkanes of at least 4 members (excludes halogenated alkanes) is 1. The van der Waals surface area contributed by atoms with E-state index >= 15 is 0 Å². The van der Waals surface area contributed by atoms with Gasteiger partial charge in [-0.3, -0.25) is 19.2 Å². The molecule has 2 atom stereocenters. The first kappa shape index (κ1) is 29.5. The second-order valence-electron chi connectivity index (χ2n) is 7.50. The number of rotatable bonds is 19. The number of aliphatic carboxylic acids is 1. The van der Waals surface area contributed by atoms with Gasteiger partial charge in [0, 0.05) is 32.4 Å². The van der Waals surface area contributed by atoms with Crippen molar-refractivity contribution < 1.29 is 38.6 Å². The molecule has 0 saturated heterocycles. The highest BCUT2D eigenvalue weighted by atomic mass is 16.5. The molecule has 11 nitrogen and oxygen atoms in total. The Hall–Kier alpha value is -2.53. The molecule has 11 heteroatoms. The largest absolute Gasteiger partial charge is 0.480 e. The molecule has 32 heavy (non-hydrogen) atoms. The van der Waals surface area contributed by atoms with Crippen molar-refractivity contribution in [1.82, 2.24) is 16.0 Å². The van der Waals surface area contributed by atoms with Gasteiger partial charge in [-0.15, -0.1) is 0 Å². The Bertz CT molecular complexity index is 612. The molecule has 0 aliphatic rings. The number of ether oxygens (including phenoxy) is 2. The zero-order chi connectivity index (χ0) is 24.4. The minimum Gasteiger partial charge on any atom is -0.480 e. The molecule has 0 saturated carbocycles. The second kappa shape index (κ2) is 18.1. The molecule has 0 aromatic rings. The molecule has 0 rings (SSSR count). The van der Waals surface area contributed by atoms with Crippen LogP contribution in [0.2, 0.25) is 0 Å². The summed E-state index contributed by atoms with van der Waals surface area (Å²) in [5.41, 5.74) is 0. The molecule has 4 N–H and O–H groups in total. The fraction of sp³-hybridized carbons (Fsp3) is 0.762. The molecular weight excluding hydrogens is 422 g/mol. The second-order valence-corrected chi connectivity index (χ2v) is 7.50. The summed E-state index contributed by atoms with van der Waals surface area (Å²) in [4.78, 5) is 56.4. The summed E-state index contributed by atoms with van der Waals surface area (Å²) in [5, 5.41) is 16.6. The van der Waals surface area contributed by atoms with Gasteiger partial charge in [0.05, 0.1) is 19.8 Å². The molecule has 184 valence electrons. The van der Waals surface area contributed by atoms with Gasteiger partial charge >= 0.3 is 5.97 Å². The number of carboxylic acid groups (broad SMARTS) is 1. The fourth-order valence-electron chi connectivity index (χ4n) is 2.57. The van der Waals surface area contributed by atoms with Gasteiger partial charge < -0.3 is 30.5 Å². The number of carbonyl (C=O) groups excluding carboxylic acids is 4. The van der Waals surface area contributed by atoms with Crippen LogP contribution >= 0.6 is 0 Å². The van der Waals surface area contributed by atoms with Crippen LogP contribution in [-0.4, -0.2) is 80.1 Å². The summed E-state index contributed by atoms with van der Waals surface area (Å²) in [5.74, 6) is -1.97. The molecule has 3 amide bonds. The maximum Gasteiger partial charge on any atom is 0.326 e. The average Bonchev–Trinajstić information content (AvgIpc) is 2.71. The van der Waals surface area contributed by atoms with E-state index in [2.05, 4.69) is 16.0 Å². The van der Waals surface area contributed by atoms with Gasteiger partial charge in [0.1, 0.15) is 18.4 Å². The van der Waals surface area contributed by atoms with Gasteiger partial charge in [-0.1, -0.05) is 13.3 Å². The number of carboxylic acids is 1. The zero-order valence-corrected chi connectivity index (χ0v) is 19.2. The predicted molar refractivity (Wildman–Crippen MR) is 116 cm³/mol. The van der Waals surface area contributed by atoms with Crippen LogP contribution in [0, 0.1) is 5.92 Å². The highest BCUT2D eigenvalue weighted by molar-refractivity contribution is 5.83. The molecule has 0 radical (unpaired) electrons. The van der Waals surface area contributed by atoms with Crippen LogP contribution in [0.15, 0.2) is 0 Å². The Morgan fingerprint density at radius 2 is 1.50 bits per heavy atom. The third kappa shape index (κ3) is 17.2. The van der Waals surface area contributed by atoms with Crippen molar-refractivity contribution in [2.24, 2.45) is 5.92 Å². The van der Waals surface area contributed by atoms with E-state index in [9.17, 15) is 24.0 Å². The van der Waals surface area contributed by atoms with Crippen LogP contribution in [0.4, 0.5) is 0 Å². The van der Waals surface area contributed by atoms with Gasteiger partial charge in [-0.25, -0.2) is 4.79 Å². The minimum atomic E-state index is -1.19. The quantitative estimate of drug-likeness (QED) is 0.197. The van der Waals surface area contributed by atoms with Crippen molar-refractivity contribution in [3.05, 3.63) is 0 Å². The van der Waals surface area contributed by atoms with Gasteiger partial charge in [-0.05, 0) is 26.2 Å². The number of hydrogen-bond acceptors (Lipinski definition) is 7. The summed E-state index contributed by atoms with van der Waals surface area (Å²) in [6, 6.07) is -1.10. The van der Waals surface area contributed by atoms with Crippen LogP contribution in [0.25, 0.3) is 0 Å². The average molecular weight is 460 g/mol. The van der Waals surface area contributed by atoms with Crippen LogP contribution in [0.1, 0.15) is 52.9 Å². The first-order valence-corrected chi connectivity index (χ1v) is 10.8. The van der Waals surface area contributed by atoms with Gasteiger partial charge in [0.2, 0.25) is 17.7 Å². The molecule has 0 aromatic heterocycles. The van der Waals surface area contributed by atoms with E-state index in [4.69, 9.17) is 14.6 Å². The van der Waals surface area contributed by atoms with E-state index in [1.54, 1.807) is 6.92 Å². The van der Waals surface area contributed by atoms with Crippen LogP contribution in [-0.2, 0) is 33.4 Å². The van der Waals surface area contributed by atoms with E-state index in [0.29, 0.717) is 6.54 Å². The first-order valence-electron chi connectivity index (χ1n) is 10.8. The molecule has 0 aromatic carbocycles. The summed E-state index contributed by atoms with van der Waals surface area (Å²) in [6.45, 7) is 6.16. The van der Waals surface area contributed by atoms with E-state index in [1.165, 1.54) is 6.92 Å². The van der Waals surface area contributed by atoms with Crippen molar-refractivity contribution in [1.29, 1.82) is 0 Å². The maximum absolute atomic E-state index is 11.7. The molecule has 1 unspecified atom stereocenters. The molecular formula is C21H37N3O8. The normalized spacial score (nSPS) is 12.5. The Morgan fingerprint density at radius 1 is 0.844 bits per heavy atom. The fourth-order valence-corrected chi connectivity index (χ4v) is 2.57. The SMILES string of the molecule is CC(=O)NC(CCC(=O)NCCOCCOCC(=O)NCCCC[C@H](C)C(C)=O)C(=O)O. The molecule has 0 bridgehead atoms. The number of nitrogens with one attached hydrogen (secondary N) is 3. The zero-order valence-electron chi connectivity index (χ0n) is 19.2. The Morgan fingerprint density at radius 3 is 2.12 bits per heavy atom. The van der Waals surface area contributed by atoms with Crippen LogP contribution in [0.3, 0.4) is 0 Å². The van der Waals surface area contributed by atoms with E-state index in [0.717, 1.165) is 19.3 Å². The maximum atomic E-state index is 11.7. The molecule has 0 aliphatic carbocycles. The lowest BCUT2D eigenvalue weighted by Gasteiger charge is -2.13.